The van der Waals surface area contributed by atoms with E-state index < -0.39 is 23.4 Å². The van der Waals surface area contributed by atoms with E-state index >= 15 is 0 Å². The highest BCUT2D eigenvalue weighted by Gasteiger charge is 2.44. The number of anilines is 1. The van der Waals surface area contributed by atoms with Crippen molar-refractivity contribution in [3.05, 3.63) is 65.4 Å². The lowest BCUT2D eigenvalue weighted by molar-refractivity contribution is -0.120. The van der Waals surface area contributed by atoms with Crippen LogP contribution in [-0.4, -0.2) is 36.4 Å². The van der Waals surface area contributed by atoms with E-state index in [1.54, 1.807) is 24.3 Å². The van der Waals surface area contributed by atoms with Crippen molar-refractivity contribution in [3.8, 4) is 5.75 Å². The molecule has 32 heavy (non-hydrogen) atoms. The summed E-state index contributed by atoms with van der Waals surface area (Å²) in [5.74, 6) is -1.90. The number of piperidine rings is 1. The summed E-state index contributed by atoms with van der Waals surface area (Å²) in [6.45, 7) is 5.96. The zero-order valence-corrected chi connectivity index (χ0v) is 18.2. The zero-order valence-electron chi connectivity index (χ0n) is 18.2. The molecular formula is C25H26F2N2O3. The molecule has 0 saturated carbocycles. The van der Waals surface area contributed by atoms with Crippen molar-refractivity contribution in [2.45, 2.75) is 33.1 Å². The largest absolute Gasteiger partial charge is 0.494 e. The van der Waals surface area contributed by atoms with E-state index in [9.17, 15) is 18.4 Å². The number of amides is 2. The molecule has 7 heteroatoms. The number of halogens is 2. The predicted octanol–water partition coefficient (Wildman–Crippen LogP) is 4.77. The number of benzene rings is 2. The van der Waals surface area contributed by atoms with Gasteiger partial charge in [-0.3, -0.25) is 9.59 Å². The molecule has 168 valence electrons. The Bertz CT molecular complexity index is 1070. The van der Waals surface area contributed by atoms with Crippen LogP contribution < -0.4 is 9.64 Å². The first-order valence-corrected chi connectivity index (χ1v) is 11.0. The third-order valence-corrected chi connectivity index (χ3v) is 5.80. The average molecular weight is 440 g/mol. The summed E-state index contributed by atoms with van der Waals surface area (Å²) in [5.41, 5.74) is 0.815. The first-order chi connectivity index (χ1) is 15.4. The van der Waals surface area contributed by atoms with Crippen molar-refractivity contribution >= 4 is 23.1 Å². The van der Waals surface area contributed by atoms with E-state index in [1.807, 2.05) is 11.8 Å². The number of rotatable bonds is 6. The van der Waals surface area contributed by atoms with Gasteiger partial charge in [0.15, 0.2) is 0 Å². The van der Waals surface area contributed by atoms with Crippen LogP contribution in [0.25, 0.3) is 5.57 Å². The molecule has 1 fully saturated rings. The summed E-state index contributed by atoms with van der Waals surface area (Å²) in [5, 5.41) is 0. The van der Waals surface area contributed by atoms with E-state index in [2.05, 4.69) is 6.92 Å². The number of hydrogen-bond donors (Lipinski definition) is 0. The topological polar surface area (TPSA) is 49.9 Å². The monoisotopic (exact) mass is 440 g/mol. The van der Waals surface area contributed by atoms with Gasteiger partial charge in [-0.25, -0.2) is 13.7 Å². The van der Waals surface area contributed by atoms with E-state index in [0.29, 0.717) is 43.0 Å². The van der Waals surface area contributed by atoms with Crippen molar-refractivity contribution in [2.75, 3.05) is 24.6 Å². The standard InChI is InChI=1S/C25H26F2N2O3/c1-3-13-32-19-9-6-17(7-10-19)22-23(28-12-4-5-16(2)15-28)25(31)29(24(22)30)21-11-8-18(26)14-20(21)27/h6-11,14,16H,3-5,12-13,15H2,1-2H3. The Hall–Kier alpha value is -3.22. The van der Waals surface area contributed by atoms with Crippen LogP contribution in [0.1, 0.15) is 38.7 Å². The van der Waals surface area contributed by atoms with E-state index in [0.717, 1.165) is 36.3 Å². The maximum Gasteiger partial charge on any atom is 0.282 e. The van der Waals surface area contributed by atoms with Gasteiger partial charge < -0.3 is 9.64 Å². The van der Waals surface area contributed by atoms with E-state index in [-0.39, 0.29) is 17.0 Å². The van der Waals surface area contributed by atoms with Crippen LogP contribution in [0, 0.1) is 17.6 Å². The van der Waals surface area contributed by atoms with Crippen molar-refractivity contribution in [3.63, 3.8) is 0 Å². The molecule has 2 aliphatic rings. The molecule has 0 aliphatic carbocycles. The lowest BCUT2D eigenvalue weighted by Gasteiger charge is -2.33. The fraction of sp³-hybridized carbons (Fsp3) is 0.360. The van der Waals surface area contributed by atoms with Crippen molar-refractivity contribution < 1.29 is 23.1 Å². The van der Waals surface area contributed by atoms with Crippen LogP contribution in [0.2, 0.25) is 0 Å². The Balaban J connectivity index is 1.77. The Morgan fingerprint density at radius 3 is 2.47 bits per heavy atom. The highest BCUT2D eigenvalue weighted by Crippen LogP contribution is 2.37. The third kappa shape index (κ3) is 4.11. The van der Waals surface area contributed by atoms with Crippen molar-refractivity contribution in [2.24, 2.45) is 5.92 Å². The second-order valence-electron chi connectivity index (χ2n) is 8.33. The van der Waals surface area contributed by atoms with Crippen molar-refractivity contribution in [1.82, 2.24) is 4.90 Å². The van der Waals surface area contributed by atoms with Gasteiger partial charge in [0.05, 0.1) is 17.9 Å². The summed E-state index contributed by atoms with van der Waals surface area (Å²) < 4.78 is 33.6. The number of ether oxygens (including phenoxy) is 1. The summed E-state index contributed by atoms with van der Waals surface area (Å²) in [4.78, 5) is 29.7. The fourth-order valence-corrected chi connectivity index (χ4v) is 4.28. The zero-order chi connectivity index (χ0) is 22.8. The molecule has 0 N–H and O–H groups in total. The maximum absolute atomic E-state index is 14.5. The Labute approximate surface area is 186 Å². The molecule has 2 heterocycles. The molecular weight excluding hydrogens is 414 g/mol. The third-order valence-electron chi connectivity index (χ3n) is 5.80. The highest BCUT2D eigenvalue weighted by molar-refractivity contribution is 6.45. The number of likely N-dealkylation sites (tertiary alicyclic amines) is 1. The molecule has 1 atom stereocenters. The van der Waals surface area contributed by atoms with Crippen LogP contribution in [0.4, 0.5) is 14.5 Å². The van der Waals surface area contributed by atoms with Gasteiger partial charge >= 0.3 is 0 Å². The predicted molar refractivity (Wildman–Crippen MR) is 118 cm³/mol. The molecule has 0 spiro atoms. The molecule has 5 nitrogen and oxygen atoms in total. The summed E-state index contributed by atoms with van der Waals surface area (Å²) >= 11 is 0. The molecule has 2 aromatic rings. The van der Waals surface area contributed by atoms with Gasteiger partial charge in [-0.15, -0.1) is 0 Å². The van der Waals surface area contributed by atoms with Crippen LogP contribution in [-0.2, 0) is 9.59 Å². The molecule has 2 aromatic carbocycles. The molecule has 1 unspecified atom stereocenters. The van der Waals surface area contributed by atoms with Crippen molar-refractivity contribution in [1.29, 1.82) is 0 Å². The summed E-state index contributed by atoms with van der Waals surface area (Å²) in [6, 6.07) is 9.84. The van der Waals surface area contributed by atoms with Crippen LogP contribution in [0.15, 0.2) is 48.2 Å². The van der Waals surface area contributed by atoms with Gasteiger partial charge in [0.2, 0.25) is 0 Å². The summed E-state index contributed by atoms with van der Waals surface area (Å²) in [7, 11) is 0. The lowest BCUT2D eigenvalue weighted by atomic mass is 9.97. The second kappa shape index (κ2) is 9.10. The van der Waals surface area contributed by atoms with Gasteiger partial charge in [0.1, 0.15) is 23.1 Å². The van der Waals surface area contributed by atoms with Gasteiger partial charge in [-0.1, -0.05) is 26.0 Å². The smallest absolute Gasteiger partial charge is 0.282 e. The lowest BCUT2D eigenvalue weighted by Crippen LogP contribution is -2.39. The quantitative estimate of drug-likeness (QED) is 0.607. The van der Waals surface area contributed by atoms with E-state index in [1.165, 1.54) is 0 Å². The normalized spacial score (nSPS) is 19.2. The molecule has 1 saturated heterocycles. The van der Waals surface area contributed by atoms with Crippen LogP contribution in [0.5, 0.6) is 5.75 Å². The number of carbonyl (C=O) groups excluding carboxylic acids is 2. The minimum Gasteiger partial charge on any atom is -0.494 e. The molecule has 2 aliphatic heterocycles. The van der Waals surface area contributed by atoms with Gasteiger partial charge in [-0.05, 0) is 55.0 Å². The molecule has 4 rings (SSSR count). The Morgan fingerprint density at radius 2 is 1.81 bits per heavy atom. The van der Waals surface area contributed by atoms with Gasteiger partial charge in [-0.2, -0.15) is 0 Å². The van der Waals surface area contributed by atoms with E-state index in [4.69, 9.17) is 4.74 Å². The number of imide groups is 1. The molecule has 0 radical (unpaired) electrons. The SMILES string of the molecule is CCCOc1ccc(C2=C(N3CCCC(C)C3)C(=O)N(c3ccc(F)cc3F)C2=O)cc1. The first-order valence-electron chi connectivity index (χ1n) is 11.0. The van der Waals surface area contributed by atoms with Crippen LogP contribution >= 0.6 is 0 Å². The second-order valence-corrected chi connectivity index (χ2v) is 8.33. The highest BCUT2D eigenvalue weighted by atomic mass is 19.1. The fourth-order valence-electron chi connectivity index (χ4n) is 4.28. The summed E-state index contributed by atoms with van der Waals surface area (Å²) in [6.07, 6.45) is 2.81. The first kappa shape index (κ1) is 22.0. The minimum atomic E-state index is -0.956. The number of nitrogens with zero attached hydrogens (tertiary/aromatic N) is 2. The molecule has 2 amide bonds. The molecule has 0 bridgehead atoms. The van der Waals surface area contributed by atoms with Crippen LogP contribution in [0.3, 0.4) is 0 Å². The van der Waals surface area contributed by atoms with Gasteiger partial charge in [0.25, 0.3) is 11.8 Å². The average Bonchev–Trinajstić information content (AvgIpc) is 3.03. The Morgan fingerprint density at radius 1 is 1.06 bits per heavy atom. The maximum atomic E-state index is 14.5. The van der Waals surface area contributed by atoms with Gasteiger partial charge in [0, 0.05) is 19.2 Å². The minimum absolute atomic E-state index is 0.231. The molecule has 0 aromatic heterocycles. The Kier molecular flexibility index (Phi) is 6.26. The number of carbonyl (C=O) groups is 2. The number of hydrogen-bond acceptors (Lipinski definition) is 4.